The Balaban J connectivity index is 1.51. The lowest BCUT2D eigenvalue weighted by atomic mass is 10.1. The fourth-order valence-corrected chi connectivity index (χ4v) is 3.43. The number of hydrogen-bond acceptors (Lipinski definition) is 3. The number of nitrogens with one attached hydrogen (secondary N) is 1. The van der Waals surface area contributed by atoms with Crippen molar-refractivity contribution in [1.29, 1.82) is 0 Å². The minimum atomic E-state index is -0.146. The summed E-state index contributed by atoms with van der Waals surface area (Å²) in [7, 11) is 1.65. The van der Waals surface area contributed by atoms with Gasteiger partial charge in [-0.1, -0.05) is 23.7 Å². The van der Waals surface area contributed by atoms with Gasteiger partial charge in [0.15, 0.2) is 0 Å². The third kappa shape index (κ3) is 5.51. The lowest BCUT2D eigenvalue weighted by Gasteiger charge is -2.17. The quantitative estimate of drug-likeness (QED) is 0.730. The molecular weight excluding hydrogens is 368 g/mol. The molecule has 3 rings (SSSR count). The summed E-state index contributed by atoms with van der Waals surface area (Å²) in [6.45, 7) is 0.0868. The van der Waals surface area contributed by atoms with Crippen LogP contribution in [0.25, 0.3) is 0 Å². The Hall–Kier alpha value is -1.98. The van der Waals surface area contributed by atoms with Crippen LogP contribution in [-0.4, -0.2) is 36.3 Å². The van der Waals surface area contributed by atoms with E-state index in [1.807, 2.05) is 48.5 Å². The Bertz CT molecular complexity index is 773. The van der Waals surface area contributed by atoms with Gasteiger partial charge in [0.25, 0.3) is 5.91 Å². The molecule has 0 aliphatic heterocycles. The highest BCUT2D eigenvalue weighted by atomic mass is 35.5. The second-order valence-electron chi connectivity index (χ2n) is 6.44. The first-order chi connectivity index (χ1) is 12.5. The van der Waals surface area contributed by atoms with Crippen LogP contribution in [0, 0.1) is 0 Å². The molecule has 0 heterocycles. The molecule has 2 amide bonds. The van der Waals surface area contributed by atoms with Gasteiger partial charge < -0.3 is 10.2 Å². The molecule has 0 atom stereocenters. The van der Waals surface area contributed by atoms with Crippen molar-refractivity contribution in [2.24, 2.45) is 0 Å². The van der Waals surface area contributed by atoms with Crippen molar-refractivity contribution in [3.8, 4) is 0 Å². The van der Waals surface area contributed by atoms with E-state index in [1.54, 1.807) is 18.8 Å². The lowest BCUT2D eigenvalue weighted by Crippen LogP contribution is -2.39. The van der Waals surface area contributed by atoms with Crippen molar-refractivity contribution in [3.05, 3.63) is 64.7 Å². The number of carbonyl (C=O) groups is 2. The fraction of sp³-hybridized carbons (Fsp3) is 0.300. The standard InChI is InChI=1S/C20H21ClN2O2S/c1-23(12-19(24)22-17-8-9-17)20(25)15-4-2-14(3-5-15)13-26-18-10-6-16(21)7-11-18/h2-7,10-11,17H,8-9,12-13H2,1H3,(H,22,24). The molecule has 0 saturated heterocycles. The number of amides is 2. The van der Waals surface area contributed by atoms with E-state index >= 15 is 0 Å². The number of hydrogen-bond donors (Lipinski definition) is 1. The zero-order valence-electron chi connectivity index (χ0n) is 14.6. The van der Waals surface area contributed by atoms with Crippen LogP contribution in [0.5, 0.6) is 0 Å². The van der Waals surface area contributed by atoms with E-state index < -0.39 is 0 Å². The van der Waals surface area contributed by atoms with E-state index in [4.69, 9.17) is 11.6 Å². The molecule has 0 spiro atoms. The summed E-state index contributed by atoms with van der Waals surface area (Å²) in [4.78, 5) is 26.9. The zero-order valence-corrected chi connectivity index (χ0v) is 16.1. The molecule has 0 unspecified atom stereocenters. The minimum Gasteiger partial charge on any atom is -0.352 e. The van der Waals surface area contributed by atoms with E-state index in [9.17, 15) is 9.59 Å². The van der Waals surface area contributed by atoms with Gasteiger partial charge in [0, 0.05) is 34.3 Å². The molecule has 1 N–H and O–H groups in total. The topological polar surface area (TPSA) is 49.4 Å². The summed E-state index contributed by atoms with van der Waals surface area (Å²) < 4.78 is 0. The fourth-order valence-electron chi connectivity index (χ4n) is 2.45. The molecule has 6 heteroatoms. The predicted molar refractivity (Wildman–Crippen MR) is 106 cm³/mol. The van der Waals surface area contributed by atoms with Crippen molar-refractivity contribution >= 4 is 35.2 Å². The van der Waals surface area contributed by atoms with Crippen LogP contribution in [0.1, 0.15) is 28.8 Å². The third-order valence-electron chi connectivity index (χ3n) is 4.09. The number of halogens is 1. The molecule has 0 aromatic heterocycles. The Kier molecular flexibility index (Phi) is 6.22. The molecular formula is C20H21ClN2O2S. The molecule has 4 nitrogen and oxygen atoms in total. The zero-order chi connectivity index (χ0) is 18.5. The van der Waals surface area contributed by atoms with Crippen molar-refractivity contribution in [2.45, 2.75) is 29.5 Å². The van der Waals surface area contributed by atoms with Crippen molar-refractivity contribution < 1.29 is 9.59 Å². The van der Waals surface area contributed by atoms with Crippen molar-refractivity contribution in [2.75, 3.05) is 13.6 Å². The number of benzene rings is 2. The predicted octanol–water partition coefficient (Wildman–Crippen LogP) is 3.98. The second kappa shape index (κ2) is 8.60. The molecule has 1 aliphatic rings. The maximum Gasteiger partial charge on any atom is 0.254 e. The molecule has 2 aromatic rings. The number of thioether (sulfide) groups is 1. The Labute approximate surface area is 162 Å². The van der Waals surface area contributed by atoms with Gasteiger partial charge in [0.05, 0.1) is 6.54 Å². The first kappa shape index (κ1) is 18.8. The molecule has 1 saturated carbocycles. The van der Waals surface area contributed by atoms with E-state index in [1.165, 1.54) is 4.90 Å². The van der Waals surface area contributed by atoms with Gasteiger partial charge in [0.2, 0.25) is 5.91 Å². The second-order valence-corrected chi connectivity index (χ2v) is 7.93. The van der Waals surface area contributed by atoms with Crippen LogP contribution in [0.2, 0.25) is 5.02 Å². The summed E-state index contributed by atoms with van der Waals surface area (Å²) >= 11 is 7.61. The molecule has 0 radical (unpaired) electrons. The monoisotopic (exact) mass is 388 g/mol. The molecule has 26 heavy (non-hydrogen) atoms. The Morgan fingerprint density at radius 3 is 2.38 bits per heavy atom. The molecule has 136 valence electrons. The highest BCUT2D eigenvalue weighted by molar-refractivity contribution is 7.98. The smallest absolute Gasteiger partial charge is 0.254 e. The SMILES string of the molecule is CN(CC(=O)NC1CC1)C(=O)c1ccc(CSc2ccc(Cl)cc2)cc1. The highest BCUT2D eigenvalue weighted by Crippen LogP contribution is 2.24. The molecule has 1 aliphatic carbocycles. The highest BCUT2D eigenvalue weighted by Gasteiger charge is 2.24. The summed E-state index contributed by atoms with van der Waals surface area (Å²) in [5.74, 6) is 0.572. The summed E-state index contributed by atoms with van der Waals surface area (Å²) in [6, 6.07) is 15.6. The first-order valence-electron chi connectivity index (χ1n) is 8.53. The number of nitrogens with zero attached hydrogens (tertiary/aromatic N) is 1. The van der Waals surface area contributed by atoms with Crippen LogP contribution in [0.3, 0.4) is 0 Å². The van der Waals surface area contributed by atoms with E-state index in [0.29, 0.717) is 11.6 Å². The average molecular weight is 389 g/mol. The summed E-state index contributed by atoms with van der Waals surface area (Å²) in [6.07, 6.45) is 2.08. The normalized spacial score (nSPS) is 13.3. The summed E-state index contributed by atoms with van der Waals surface area (Å²) in [5.41, 5.74) is 1.72. The third-order valence-corrected chi connectivity index (χ3v) is 5.43. The Morgan fingerprint density at radius 2 is 1.77 bits per heavy atom. The Morgan fingerprint density at radius 1 is 1.12 bits per heavy atom. The van der Waals surface area contributed by atoms with Gasteiger partial charge in [-0.2, -0.15) is 0 Å². The molecule has 0 bridgehead atoms. The maximum atomic E-state index is 12.4. The molecule has 1 fully saturated rings. The van der Waals surface area contributed by atoms with Gasteiger partial charge in [-0.3, -0.25) is 9.59 Å². The van der Waals surface area contributed by atoms with Crippen LogP contribution >= 0.6 is 23.4 Å². The summed E-state index contributed by atoms with van der Waals surface area (Å²) in [5, 5.41) is 3.62. The largest absolute Gasteiger partial charge is 0.352 e. The van der Waals surface area contributed by atoms with Gasteiger partial charge in [-0.05, 0) is 54.8 Å². The number of rotatable bonds is 7. The van der Waals surface area contributed by atoms with Gasteiger partial charge in [-0.15, -0.1) is 11.8 Å². The van der Waals surface area contributed by atoms with Crippen LogP contribution < -0.4 is 5.32 Å². The molecule has 2 aromatic carbocycles. The van der Waals surface area contributed by atoms with Crippen LogP contribution in [0.4, 0.5) is 0 Å². The average Bonchev–Trinajstić information content (AvgIpc) is 3.45. The van der Waals surface area contributed by atoms with Crippen molar-refractivity contribution in [3.63, 3.8) is 0 Å². The van der Waals surface area contributed by atoms with Gasteiger partial charge in [0.1, 0.15) is 0 Å². The van der Waals surface area contributed by atoms with Crippen LogP contribution in [-0.2, 0) is 10.5 Å². The van der Waals surface area contributed by atoms with Gasteiger partial charge in [-0.25, -0.2) is 0 Å². The van der Waals surface area contributed by atoms with E-state index in [2.05, 4.69) is 5.32 Å². The van der Waals surface area contributed by atoms with E-state index in [0.717, 1.165) is 34.1 Å². The van der Waals surface area contributed by atoms with Crippen molar-refractivity contribution in [1.82, 2.24) is 10.2 Å². The lowest BCUT2D eigenvalue weighted by molar-refractivity contribution is -0.121. The van der Waals surface area contributed by atoms with E-state index in [-0.39, 0.29) is 18.4 Å². The van der Waals surface area contributed by atoms with Gasteiger partial charge >= 0.3 is 0 Å². The minimum absolute atomic E-state index is 0.0868. The number of likely N-dealkylation sites (N-methyl/N-ethyl adjacent to an activating group) is 1. The first-order valence-corrected chi connectivity index (χ1v) is 9.90. The van der Waals surface area contributed by atoms with Crippen LogP contribution in [0.15, 0.2) is 53.4 Å². The number of carbonyl (C=O) groups excluding carboxylic acids is 2. The maximum absolute atomic E-state index is 12.4.